The third-order valence-electron chi connectivity index (χ3n) is 6.68. The molecule has 0 unspecified atom stereocenters. The normalized spacial score (nSPS) is 17.0. The Labute approximate surface area is 211 Å². The molecule has 0 radical (unpaired) electrons. The molecule has 4 rings (SSSR count). The Hall–Kier alpha value is -3.94. The SMILES string of the molecule is CCCN1C(=O)c2c(C(=O)N(C)Cc3ccccc3)ncn2C[C@@]1(C)C(=O)NCc1ccc(C)cc1. The Balaban J connectivity index is 1.57. The quantitative estimate of drug-likeness (QED) is 0.528. The van der Waals surface area contributed by atoms with Crippen LogP contribution in [0.3, 0.4) is 0 Å². The van der Waals surface area contributed by atoms with Gasteiger partial charge < -0.3 is 19.7 Å². The molecule has 1 aliphatic rings. The van der Waals surface area contributed by atoms with Crippen LogP contribution >= 0.6 is 0 Å². The van der Waals surface area contributed by atoms with E-state index >= 15 is 0 Å². The number of amides is 3. The molecule has 36 heavy (non-hydrogen) atoms. The van der Waals surface area contributed by atoms with Crippen molar-refractivity contribution in [3.8, 4) is 0 Å². The van der Waals surface area contributed by atoms with Crippen molar-refractivity contribution in [1.82, 2.24) is 24.7 Å². The zero-order valence-corrected chi connectivity index (χ0v) is 21.3. The van der Waals surface area contributed by atoms with Crippen LogP contribution in [0.4, 0.5) is 0 Å². The van der Waals surface area contributed by atoms with E-state index in [-0.39, 0.29) is 35.7 Å². The third-order valence-corrected chi connectivity index (χ3v) is 6.68. The lowest BCUT2D eigenvalue weighted by Crippen LogP contribution is -2.64. The molecule has 188 valence electrons. The number of carbonyl (C=O) groups excluding carboxylic acids is 3. The van der Waals surface area contributed by atoms with E-state index in [0.29, 0.717) is 26.1 Å². The van der Waals surface area contributed by atoms with Crippen molar-refractivity contribution >= 4 is 17.7 Å². The van der Waals surface area contributed by atoms with Gasteiger partial charge in [-0.1, -0.05) is 67.1 Å². The van der Waals surface area contributed by atoms with Gasteiger partial charge in [0, 0.05) is 26.7 Å². The van der Waals surface area contributed by atoms with Crippen LogP contribution in [-0.2, 0) is 24.4 Å². The molecule has 1 N–H and O–H groups in total. The second-order valence-electron chi connectivity index (χ2n) is 9.62. The molecular weight excluding hydrogens is 454 g/mol. The van der Waals surface area contributed by atoms with E-state index in [4.69, 9.17) is 0 Å². The molecule has 0 saturated carbocycles. The number of carbonyl (C=O) groups is 3. The van der Waals surface area contributed by atoms with Crippen LogP contribution in [0.1, 0.15) is 57.9 Å². The first kappa shape index (κ1) is 25.2. The molecule has 2 aromatic carbocycles. The van der Waals surface area contributed by atoms with Crippen LogP contribution in [-0.4, -0.2) is 56.2 Å². The van der Waals surface area contributed by atoms with Gasteiger partial charge in [-0.15, -0.1) is 0 Å². The fourth-order valence-electron chi connectivity index (χ4n) is 4.61. The van der Waals surface area contributed by atoms with E-state index < -0.39 is 5.54 Å². The predicted molar refractivity (Wildman–Crippen MR) is 137 cm³/mol. The highest BCUT2D eigenvalue weighted by Crippen LogP contribution is 2.29. The van der Waals surface area contributed by atoms with Gasteiger partial charge in [0.15, 0.2) is 5.69 Å². The Morgan fingerprint density at radius 2 is 1.78 bits per heavy atom. The first-order chi connectivity index (χ1) is 17.2. The number of hydrogen-bond donors (Lipinski definition) is 1. The largest absolute Gasteiger partial charge is 0.350 e. The lowest BCUT2D eigenvalue weighted by Gasteiger charge is -2.43. The summed E-state index contributed by atoms with van der Waals surface area (Å²) in [6.45, 7) is 7.13. The zero-order chi connectivity index (χ0) is 25.9. The molecule has 8 nitrogen and oxygen atoms in total. The Morgan fingerprint density at radius 3 is 2.44 bits per heavy atom. The van der Waals surface area contributed by atoms with Crippen molar-refractivity contribution in [2.24, 2.45) is 0 Å². The number of hydrogen-bond acceptors (Lipinski definition) is 4. The maximum Gasteiger partial charge on any atom is 0.274 e. The third kappa shape index (κ3) is 4.89. The van der Waals surface area contributed by atoms with Crippen molar-refractivity contribution in [3.63, 3.8) is 0 Å². The van der Waals surface area contributed by atoms with Gasteiger partial charge in [-0.2, -0.15) is 0 Å². The highest BCUT2D eigenvalue weighted by Gasteiger charge is 2.48. The number of nitrogens with zero attached hydrogens (tertiary/aromatic N) is 4. The molecular formula is C28H33N5O3. The van der Waals surface area contributed by atoms with Crippen LogP contribution < -0.4 is 5.32 Å². The summed E-state index contributed by atoms with van der Waals surface area (Å²) in [6.07, 6.45) is 2.17. The monoisotopic (exact) mass is 487 g/mol. The highest BCUT2D eigenvalue weighted by molar-refractivity contribution is 6.07. The average molecular weight is 488 g/mol. The second kappa shape index (κ2) is 10.4. The molecule has 3 amide bonds. The summed E-state index contributed by atoms with van der Waals surface area (Å²) in [7, 11) is 1.70. The molecule has 1 atom stereocenters. The van der Waals surface area contributed by atoms with Gasteiger partial charge in [0.05, 0.1) is 12.9 Å². The molecule has 0 fully saturated rings. The number of aromatic nitrogens is 2. The summed E-state index contributed by atoms with van der Waals surface area (Å²) >= 11 is 0. The minimum atomic E-state index is -1.11. The number of rotatable bonds is 8. The van der Waals surface area contributed by atoms with Gasteiger partial charge in [-0.05, 0) is 31.4 Å². The summed E-state index contributed by atoms with van der Waals surface area (Å²) in [4.78, 5) is 47.9. The molecule has 2 heterocycles. The summed E-state index contributed by atoms with van der Waals surface area (Å²) in [6, 6.07) is 17.6. The number of aryl methyl sites for hydroxylation is 1. The minimum Gasteiger partial charge on any atom is -0.350 e. The molecule has 1 aliphatic heterocycles. The Kier molecular flexibility index (Phi) is 7.24. The molecule has 0 saturated heterocycles. The fourth-order valence-corrected chi connectivity index (χ4v) is 4.61. The van der Waals surface area contributed by atoms with E-state index in [1.54, 1.807) is 28.3 Å². The molecule has 0 aliphatic carbocycles. The number of benzene rings is 2. The van der Waals surface area contributed by atoms with Crippen LogP contribution in [0.15, 0.2) is 60.9 Å². The van der Waals surface area contributed by atoms with Crippen molar-refractivity contribution in [2.45, 2.75) is 52.4 Å². The van der Waals surface area contributed by atoms with E-state index in [0.717, 1.165) is 16.7 Å². The second-order valence-corrected chi connectivity index (χ2v) is 9.62. The van der Waals surface area contributed by atoms with Crippen molar-refractivity contribution < 1.29 is 14.4 Å². The summed E-state index contributed by atoms with van der Waals surface area (Å²) < 4.78 is 1.64. The highest BCUT2D eigenvalue weighted by atomic mass is 16.2. The molecule has 0 bridgehead atoms. The van der Waals surface area contributed by atoms with Crippen LogP contribution in [0.2, 0.25) is 0 Å². The van der Waals surface area contributed by atoms with Gasteiger partial charge in [0.25, 0.3) is 11.8 Å². The van der Waals surface area contributed by atoms with Gasteiger partial charge in [0.1, 0.15) is 11.2 Å². The lowest BCUT2D eigenvalue weighted by molar-refractivity contribution is -0.133. The molecule has 8 heteroatoms. The summed E-state index contributed by atoms with van der Waals surface area (Å²) in [5, 5.41) is 3.00. The van der Waals surface area contributed by atoms with Gasteiger partial charge in [-0.25, -0.2) is 4.98 Å². The van der Waals surface area contributed by atoms with Gasteiger partial charge in [0.2, 0.25) is 5.91 Å². The Morgan fingerprint density at radius 1 is 1.08 bits per heavy atom. The van der Waals surface area contributed by atoms with Crippen LogP contribution in [0.25, 0.3) is 0 Å². The number of nitrogens with one attached hydrogen (secondary N) is 1. The fraction of sp³-hybridized carbons (Fsp3) is 0.357. The maximum atomic E-state index is 13.7. The number of fused-ring (bicyclic) bond motifs is 1. The predicted octanol–water partition coefficient (Wildman–Crippen LogP) is 3.40. The first-order valence-corrected chi connectivity index (χ1v) is 12.2. The van der Waals surface area contributed by atoms with Gasteiger partial charge >= 0.3 is 0 Å². The molecule has 1 aromatic heterocycles. The lowest BCUT2D eigenvalue weighted by atomic mass is 9.93. The van der Waals surface area contributed by atoms with E-state index in [1.807, 2.05) is 68.4 Å². The van der Waals surface area contributed by atoms with E-state index in [1.165, 1.54) is 6.33 Å². The van der Waals surface area contributed by atoms with Crippen molar-refractivity contribution in [3.05, 3.63) is 89.0 Å². The first-order valence-electron chi connectivity index (χ1n) is 12.2. The van der Waals surface area contributed by atoms with Crippen LogP contribution in [0, 0.1) is 6.92 Å². The standard InChI is InChI=1S/C28H33N5O3/c1-5-15-33-26(35)24-23(25(34)31(4)17-22-9-7-6-8-10-22)30-19-32(24)18-28(33,3)27(36)29-16-21-13-11-20(2)12-14-21/h6-14,19H,5,15-18H2,1-4H3,(H,29,36)/t28-/m0/s1. The topological polar surface area (TPSA) is 87.5 Å². The smallest absolute Gasteiger partial charge is 0.274 e. The zero-order valence-electron chi connectivity index (χ0n) is 21.3. The summed E-state index contributed by atoms with van der Waals surface area (Å²) in [5.74, 6) is -0.923. The van der Waals surface area contributed by atoms with E-state index in [2.05, 4.69) is 10.3 Å². The maximum absolute atomic E-state index is 13.7. The van der Waals surface area contributed by atoms with Crippen molar-refractivity contribution in [2.75, 3.05) is 13.6 Å². The average Bonchev–Trinajstić information content (AvgIpc) is 3.29. The summed E-state index contributed by atoms with van der Waals surface area (Å²) in [5.41, 5.74) is 2.36. The molecule has 0 spiro atoms. The minimum absolute atomic E-state index is 0.113. The molecule has 3 aromatic rings. The van der Waals surface area contributed by atoms with E-state index in [9.17, 15) is 14.4 Å². The van der Waals surface area contributed by atoms with Gasteiger partial charge in [-0.3, -0.25) is 14.4 Å². The number of imidazole rings is 1. The Bertz CT molecular complexity index is 1250. The van der Waals surface area contributed by atoms with Crippen LogP contribution in [0.5, 0.6) is 0 Å². The van der Waals surface area contributed by atoms with Crippen molar-refractivity contribution in [1.29, 1.82) is 0 Å².